The standard InChI is InChI=1S/C20H26N2O3/c1-15-5-9-17(10-6-15)24-14-13-19(21-2)16-7-11-18(12-8-16)25-20(23)22(3)4/h5-12,19,21H,13-14H2,1-4H3. The predicted molar refractivity (Wildman–Crippen MR) is 99.2 cm³/mol. The molecule has 0 spiro atoms. The fraction of sp³-hybridized carbons (Fsp3) is 0.350. The van der Waals surface area contributed by atoms with Gasteiger partial charge in [-0.1, -0.05) is 29.8 Å². The highest BCUT2D eigenvalue weighted by Gasteiger charge is 2.11. The van der Waals surface area contributed by atoms with Crippen molar-refractivity contribution in [2.45, 2.75) is 19.4 Å². The minimum Gasteiger partial charge on any atom is -0.494 e. The summed E-state index contributed by atoms with van der Waals surface area (Å²) in [5.74, 6) is 1.42. The number of benzene rings is 2. The van der Waals surface area contributed by atoms with Crippen molar-refractivity contribution in [1.29, 1.82) is 0 Å². The third-order valence-electron chi connectivity index (χ3n) is 3.90. The van der Waals surface area contributed by atoms with E-state index < -0.39 is 0 Å². The van der Waals surface area contributed by atoms with Crippen LogP contribution in [0.1, 0.15) is 23.6 Å². The van der Waals surface area contributed by atoms with Crippen LogP contribution in [0.2, 0.25) is 0 Å². The maximum atomic E-state index is 11.6. The monoisotopic (exact) mass is 342 g/mol. The summed E-state index contributed by atoms with van der Waals surface area (Å²) in [6.07, 6.45) is 0.450. The molecule has 2 aromatic rings. The van der Waals surface area contributed by atoms with Crippen LogP contribution < -0.4 is 14.8 Å². The van der Waals surface area contributed by atoms with Crippen molar-refractivity contribution < 1.29 is 14.3 Å². The zero-order chi connectivity index (χ0) is 18.2. The first kappa shape index (κ1) is 18.8. The molecule has 0 fully saturated rings. The second-order valence-electron chi connectivity index (χ2n) is 6.12. The highest BCUT2D eigenvalue weighted by atomic mass is 16.6. The zero-order valence-electron chi connectivity index (χ0n) is 15.3. The number of nitrogens with one attached hydrogen (secondary N) is 1. The van der Waals surface area contributed by atoms with Crippen LogP contribution in [-0.2, 0) is 0 Å². The van der Waals surface area contributed by atoms with Crippen LogP contribution in [0, 0.1) is 6.92 Å². The number of carbonyl (C=O) groups is 1. The lowest BCUT2D eigenvalue weighted by molar-refractivity contribution is 0.172. The highest BCUT2D eigenvalue weighted by Crippen LogP contribution is 2.21. The lowest BCUT2D eigenvalue weighted by Crippen LogP contribution is -2.25. The molecule has 0 aliphatic carbocycles. The Balaban J connectivity index is 1.89. The normalized spacial score (nSPS) is 11.7. The van der Waals surface area contributed by atoms with E-state index in [1.165, 1.54) is 10.5 Å². The summed E-state index contributed by atoms with van der Waals surface area (Å²) in [5, 5.41) is 3.30. The Bertz CT molecular complexity index is 666. The number of nitrogens with zero attached hydrogens (tertiary/aromatic N) is 1. The van der Waals surface area contributed by atoms with Gasteiger partial charge in [0.2, 0.25) is 0 Å². The minimum atomic E-state index is -0.385. The van der Waals surface area contributed by atoms with E-state index in [0.717, 1.165) is 17.7 Å². The van der Waals surface area contributed by atoms with Crippen LogP contribution in [0.4, 0.5) is 4.79 Å². The van der Waals surface area contributed by atoms with Gasteiger partial charge in [-0.2, -0.15) is 0 Å². The molecule has 2 aromatic carbocycles. The summed E-state index contributed by atoms with van der Waals surface area (Å²) in [5.41, 5.74) is 2.34. The molecule has 0 aliphatic rings. The number of rotatable bonds is 7. The van der Waals surface area contributed by atoms with E-state index in [0.29, 0.717) is 12.4 Å². The molecule has 0 heterocycles. The first-order valence-corrected chi connectivity index (χ1v) is 8.35. The summed E-state index contributed by atoms with van der Waals surface area (Å²) in [7, 11) is 5.24. The van der Waals surface area contributed by atoms with E-state index >= 15 is 0 Å². The second kappa shape index (κ2) is 9.08. The fourth-order valence-corrected chi connectivity index (χ4v) is 2.37. The maximum Gasteiger partial charge on any atom is 0.414 e. The first-order chi connectivity index (χ1) is 12.0. The van der Waals surface area contributed by atoms with Gasteiger partial charge in [-0.25, -0.2) is 4.79 Å². The lowest BCUT2D eigenvalue weighted by atomic mass is 10.0. The molecule has 1 N–H and O–H groups in total. The minimum absolute atomic E-state index is 0.170. The quantitative estimate of drug-likeness (QED) is 0.832. The van der Waals surface area contributed by atoms with E-state index in [9.17, 15) is 4.79 Å². The van der Waals surface area contributed by atoms with Gasteiger partial charge < -0.3 is 19.7 Å². The summed E-state index contributed by atoms with van der Waals surface area (Å²) in [6.45, 7) is 2.67. The van der Waals surface area contributed by atoms with Gasteiger partial charge in [0.15, 0.2) is 0 Å². The SMILES string of the molecule is CNC(CCOc1ccc(C)cc1)c1ccc(OC(=O)N(C)C)cc1. The molecule has 5 heteroatoms. The lowest BCUT2D eigenvalue weighted by Gasteiger charge is -2.18. The molecule has 1 unspecified atom stereocenters. The molecule has 0 aliphatic heterocycles. The molecule has 1 amide bonds. The Labute approximate surface area is 149 Å². The van der Waals surface area contributed by atoms with Crippen molar-refractivity contribution in [3.8, 4) is 11.5 Å². The molecule has 2 rings (SSSR count). The number of aryl methyl sites for hydroxylation is 1. The molecule has 1 atom stereocenters. The third kappa shape index (κ3) is 5.80. The van der Waals surface area contributed by atoms with E-state index in [1.807, 2.05) is 55.6 Å². The number of hydrogen-bond acceptors (Lipinski definition) is 4. The van der Waals surface area contributed by atoms with E-state index in [1.54, 1.807) is 14.1 Å². The van der Waals surface area contributed by atoms with Crippen LogP contribution in [-0.4, -0.2) is 38.7 Å². The number of amides is 1. The van der Waals surface area contributed by atoms with Gasteiger partial charge in [-0.15, -0.1) is 0 Å². The van der Waals surface area contributed by atoms with Crippen LogP contribution in [0.5, 0.6) is 11.5 Å². The summed E-state index contributed by atoms with van der Waals surface area (Å²) >= 11 is 0. The molecule has 0 radical (unpaired) electrons. The van der Waals surface area contributed by atoms with Crippen LogP contribution in [0.25, 0.3) is 0 Å². The van der Waals surface area contributed by atoms with Crippen LogP contribution in [0.3, 0.4) is 0 Å². The highest BCUT2D eigenvalue weighted by molar-refractivity contribution is 5.69. The van der Waals surface area contributed by atoms with E-state index in [-0.39, 0.29) is 12.1 Å². The van der Waals surface area contributed by atoms with Crippen LogP contribution in [0.15, 0.2) is 48.5 Å². The molecule has 0 saturated carbocycles. The maximum absolute atomic E-state index is 11.6. The fourth-order valence-electron chi connectivity index (χ4n) is 2.37. The average molecular weight is 342 g/mol. The molecule has 0 saturated heterocycles. The molecule has 25 heavy (non-hydrogen) atoms. The molecule has 0 bridgehead atoms. The Hall–Kier alpha value is -2.53. The first-order valence-electron chi connectivity index (χ1n) is 8.35. The summed E-state index contributed by atoms with van der Waals surface area (Å²) in [6, 6.07) is 15.8. The van der Waals surface area contributed by atoms with Gasteiger partial charge in [0.1, 0.15) is 11.5 Å². The van der Waals surface area contributed by atoms with Gasteiger partial charge in [0, 0.05) is 26.6 Å². The predicted octanol–water partition coefficient (Wildman–Crippen LogP) is 3.79. The number of ether oxygens (including phenoxy) is 2. The van der Waals surface area contributed by atoms with Crippen molar-refractivity contribution in [3.63, 3.8) is 0 Å². The molecule has 0 aromatic heterocycles. The van der Waals surface area contributed by atoms with Crippen LogP contribution >= 0.6 is 0 Å². The van der Waals surface area contributed by atoms with Crippen molar-refractivity contribution in [1.82, 2.24) is 10.2 Å². The number of carbonyl (C=O) groups excluding carboxylic acids is 1. The van der Waals surface area contributed by atoms with Crippen molar-refractivity contribution in [3.05, 3.63) is 59.7 Å². The topological polar surface area (TPSA) is 50.8 Å². The van der Waals surface area contributed by atoms with Gasteiger partial charge >= 0.3 is 6.09 Å². The molecule has 134 valence electrons. The smallest absolute Gasteiger partial charge is 0.414 e. The van der Waals surface area contributed by atoms with Gasteiger partial charge in [-0.05, 0) is 43.8 Å². The van der Waals surface area contributed by atoms with Crippen molar-refractivity contribution in [2.75, 3.05) is 27.7 Å². The summed E-state index contributed by atoms with van der Waals surface area (Å²) in [4.78, 5) is 13.0. The molecule has 5 nitrogen and oxygen atoms in total. The van der Waals surface area contributed by atoms with Crippen molar-refractivity contribution in [2.24, 2.45) is 0 Å². The van der Waals surface area contributed by atoms with Gasteiger partial charge in [0.25, 0.3) is 0 Å². The Morgan fingerprint density at radius 2 is 1.64 bits per heavy atom. The molecular weight excluding hydrogens is 316 g/mol. The number of hydrogen-bond donors (Lipinski definition) is 1. The zero-order valence-corrected chi connectivity index (χ0v) is 15.3. The molecular formula is C20H26N2O3. The Morgan fingerprint density at radius 1 is 1.04 bits per heavy atom. The van der Waals surface area contributed by atoms with Gasteiger partial charge in [-0.3, -0.25) is 0 Å². The van der Waals surface area contributed by atoms with Crippen molar-refractivity contribution >= 4 is 6.09 Å². The Morgan fingerprint density at radius 3 is 2.20 bits per heavy atom. The average Bonchev–Trinajstić information content (AvgIpc) is 2.61. The Kier molecular flexibility index (Phi) is 6.83. The third-order valence-corrected chi connectivity index (χ3v) is 3.90. The van der Waals surface area contributed by atoms with E-state index in [2.05, 4.69) is 12.2 Å². The summed E-state index contributed by atoms with van der Waals surface area (Å²) < 4.78 is 11.0. The second-order valence-corrected chi connectivity index (χ2v) is 6.12. The van der Waals surface area contributed by atoms with Gasteiger partial charge in [0.05, 0.1) is 6.61 Å². The largest absolute Gasteiger partial charge is 0.494 e. The van der Waals surface area contributed by atoms with E-state index in [4.69, 9.17) is 9.47 Å².